The zero-order valence-corrected chi connectivity index (χ0v) is 12.1. The molecule has 24 heavy (non-hydrogen) atoms. The molecular formula is C14H11N7O3. The van der Waals surface area contributed by atoms with E-state index < -0.39 is 4.92 Å². The highest BCUT2D eigenvalue weighted by atomic mass is 16.6. The maximum Gasteiger partial charge on any atom is 0.270 e. The van der Waals surface area contributed by atoms with Gasteiger partial charge in [-0.3, -0.25) is 20.1 Å². The van der Waals surface area contributed by atoms with E-state index in [4.69, 9.17) is 0 Å². The first kappa shape index (κ1) is 15.1. The predicted molar refractivity (Wildman–Crippen MR) is 85.1 cm³/mol. The molecule has 0 aliphatic carbocycles. The minimum Gasteiger partial charge on any atom is -0.507 e. The lowest BCUT2D eigenvalue weighted by molar-refractivity contribution is -0.384. The van der Waals surface area contributed by atoms with E-state index in [0.29, 0.717) is 11.6 Å². The standard InChI is InChI=1S/C14H11N7O3/c22-12-2-1-11(21(23)24)7-10(12)8-16-17-13-3-4-14(19-18-13)20-6-5-15-9-20/h1-9,22H,(H,17,18)/b16-8+. The number of benzene rings is 1. The zero-order chi connectivity index (χ0) is 16.9. The predicted octanol–water partition coefficient (Wildman–Crippen LogP) is 1.72. The van der Waals surface area contributed by atoms with E-state index in [1.54, 1.807) is 35.4 Å². The summed E-state index contributed by atoms with van der Waals surface area (Å²) in [5.41, 5.74) is 2.70. The summed E-state index contributed by atoms with van der Waals surface area (Å²) in [6.07, 6.45) is 6.22. The average molecular weight is 325 g/mol. The average Bonchev–Trinajstić information content (AvgIpc) is 3.11. The second-order valence-electron chi connectivity index (χ2n) is 4.62. The highest BCUT2D eigenvalue weighted by molar-refractivity contribution is 5.84. The van der Waals surface area contributed by atoms with Crippen LogP contribution in [0.3, 0.4) is 0 Å². The van der Waals surface area contributed by atoms with Gasteiger partial charge < -0.3 is 5.11 Å². The van der Waals surface area contributed by atoms with E-state index in [-0.39, 0.29) is 17.0 Å². The molecule has 2 N–H and O–H groups in total. The van der Waals surface area contributed by atoms with Crippen LogP contribution in [0.2, 0.25) is 0 Å². The molecule has 0 unspecified atom stereocenters. The van der Waals surface area contributed by atoms with E-state index in [0.717, 1.165) is 0 Å². The summed E-state index contributed by atoms with van der Waals surface area (Å²) in [5, 5.41) is 32.2. The van der Waals surface area contributed by atoms with Crippen molar-refractivity contribution >= 4 is 17.7 Å². The van der Waals surface area contributed by atoms with Crippen LogP contribution >= 0.6 is 0 Å². The van der Waals surface area contributed by atoms with Crippen molar-refractivity contribution in [2.45, 2.75) is 0 Å². The number of hydrogen-bond donors (Lipinski definition) is 2. The number of nitrogens with zero attached hydrogens (tertiary/aromatic N) is 6. The summed E-state index contributed by atoms with van der Waals surface area (Å²) in [7, 11) is 0. The number of phenols is 1. The van der Waals surface area contributed by atoms with Crippen molar-refractivity contribution in [3.05, 3.63) is 64.7 Å². The number of anilines is 1. The van der Waals surface area contributed by atoms with Gasteiger partial charge in [0.15, 0.2) is 11.6 Å². The molecule has 10 nitrogen and oxygen atoms in total. The van der Waals surface area contributed by atoms with E-state index in [1.165, 1.54) is 24.4 Å². The van der Waals surface area contributed by atoms with Crippen LogP contribution < -0.4 is 5.43 Å². The molecular weight excluding hydrogens is 314 g/mol. The zero-order valence-electron chi connectivity index (χ0n) is 12.1. The Bertz CT molecular complexity index is 876. The van der Waals surface area contributed by atoms with Crippen molar-refractivity contribution in [1.29, 1.82) is 0 Å². The molecule has 0 spiro atoms. The Hall–Kier alpha value is -3.82. The van der Waals surface area contributed by atoms with Gasteiger partial charge in [-0.2, -0.15) is 5.10 Å². The molecule has 2 heterocycles. The van der Waals surface area contributed by atoms with Crippen LogP contribution in [0.4, 0.5) is 11.5 Å². The quantitative estimate of drug-likeness (QED) is 0.414. The maximum atomic E-state index is 10.7. The van der Waals surface area contributed by atoms with Crippen LogP contribution in [0.25, 0.3) is 5.82 Å². The van der Waals surface area contributed by atoms with Crippen LogP contribution in [-0.2, 0) is 0 Å². The number of nitrogens with one attached hydrogen (secondary N) is 1. The van der Waals surface area contributed by atoms with Gasteiger partial charge in [0, 0.05) is 30.1 Å². The first-order valence-corrected chi connectivity index (χ1v) is 6.72. The van der Waals surface area contributed by atoms with E-state index >= 15 is 0 Å². The van der Waals surface area contributed by atoms with Gasteiger partial charge in [0.2, 0.25) is 0 Å². The van der Waals surface area contributed by atoms with Crippen molar-refractivity contribution in [3.63, 3.8) is 0 Å². The van der Waals surface area contributed by atoms with Crippen LogP contribution in [0.1, 0.15) is 5.56 Å². The van der Waals surface area contributed by atoms with Gasteiger partial charge in [-0.1, -0.05) is 0 Å². The lowest BCUT2D eigenvalue weighted by Crippen LogP contribution is -2.00. The SMILES string of the molecule is O=[N+]([O-])c1ccc(O)c(/C=N/Nc2ccc(-n3ccnc3)nn2)c1. The van der Waals surface area contributed by atoms with E-state index in [2.05, 4.69) is 25.7 Å². The molecule has 0 fully saturated rings. The number of nitro groups is 1. The van der Waals surface area contributed by atoms with Gasteiger partial charge >= 0.3 is 0 Å². The Morgan fingerprint density at radius 3 is 2.83 bits per heavy atom. The molecule has 0 saturated heterocycles. The molecule has 3 rings (SSSR count). The fourth-order valence-electron chi connectivity index (χ4n) is 1.84. The van der Waals surface area contributed by atoms with Crippen LogP contribution in [0.15, 0.2) is 54.2 Å². The number of rotatable bonds is 5. The Balaban J connectivity index is 1.70. The highest BCUT2D eigenvalue weighted by Crippen LogP contribution is 2.21. The smallest absolute Gasteiger partial charge is 0.270 e. The Morgan fingerprint density at radius 1 is 1.29 bits per heavy atom. The van der Waals surface area contributed by atoms with Gasteiger partial charge in [0.05, 0.1) is 11.1 Å². The number of imidazole rings is 1. The Labute approximate surface area is 135 Å². The van der Waals surface area contributed by atoms with Crippen molar-refractivity contribution in [2.75, 3.05) is 5.43 Å². The molecule has 3 aromatic rings. The second kappa shape index (κ2) is 6.52. The Kier molecular flexibility index (Phi) is 4.10. The number of aromatic nitrogens is 4. The number of aromatic hydroxyl groups is 1. The minimum absolute atomic E-state index is 0.118. The molecule has 1 aromatic carbocycles. The lowest BCUT2D eigenvalue weighted by Gasteiger charge is -2.02. The van der Waals surface area contributed by atoms with Crippen LogP contribution in [0, 0.1) is 10.1 Å². The summed E-state index contributed by atoms with van der Waals surface area (Å²) in [5.74, 6) is 0.853. The molecule has 0 aliphatic rings. The van der Waals surface area contributed by atoms with Gasteiger partial charge in [-0.25, -0.2) is 4.98 Å². The van der Waals surface area contributed by atoms with Gasteiger partial charge in [-0.05, 0) is 18.2 Å². The van der Waals surface area contributed by atoms with E-state index in [9.17, 15) is 15.2 Å². The van der Waals surface area contributed by atoms with Crippen molar-refractivity contribution < 1.29 is 10.0 Å². The highest BCUT2D eigenvalue weighted by Gasteiger charge is 2.08. The fraction of sp³-hybridized carbons (Fsp3) is 0. The monoisotopic (exact) mass is 325 g/mol. The molecule has 0 amide bonds. The molecule has 120 valence electrons. The van der Waals surface area contributed by atoms with Crippen molar-refractivity contribution in [2.24, 2.45) is 5.10 Å². The lowest BCUT2D eigenvalue weighted by atomic mass is 10.2. The third-order valence-corrected chi connectivity index (χ3v) is 3.02. The molecule has 10 heteroatoms. The maximum absolute atomic E-state index is 10.7. The third kappa shape index (κ3) is 3.32. The van der Waals surface area contributed by atoms with Crippen molar-refractivity contribution in [3.8, 4) is 11.6 Å². The molecule has 2 aromatic heterocycles. The Morgan fingerprint density at radius 2 is 2.17 bits per heavy atom. The van der Waals surface area contributed by atoms with Gasteiger partial charge in [0.1, 0.15) is 12.1 Å². The molecule has 0 saturated carbocycles. The largest absolute Gasteiger partial charge is 0.507 e. The van der Waals surface area contributed by atoms with Crippen LogP contribution in [-0.4, -0.2) is 36.0 Å². The first-order valence-electron chi connectivity index (χ1n) is 6.72. The first-order chi connectivity index (χ1) is 11.6. The summed E-state index contributed by atoms with van der Waals surface area (Å²) in [6.45, 7) is 0. The summed E-state index contributed by atoms with van der Waals surface area (Å²) < 4.78 is 1.70. The van der Waals surface area contributed by atoms with E-state index in [1.807, 2.05) is 0 Å². The summed E-state index contributed by atoms with van der Waals surface area (Å²) in [6, 6.07) is 7.04. The number of hydrazone groups is 1. The summed E-state index contributed by atoms with van der Waals surface area (Å²) >= 11 is 0. The molecule has 0 radical (unpaired) electrons. The third-order valence-electron chi connectivity index (χ3n) is 3.02. The van der Waals surface area contributed by atoms with Gasteiger partial charge in [-0.15, -0.1) is 10.2 Å². The molecule has 0 bridgehead atoms. The summed E-state index contributed by atoms with van der Waals surface area (Å²) in [4.78, 5) is 14.1. The number of nitro benzene ring substituents is 1. The van der Waals surface area contributed by atoms with Crippen molar-refractivity contribution in [1.82, 2.24) is 19.7 Å². The number of non-ortho nitro benzene ring substituents is 1. The fourth-order valence-corrected chi connectivity index (χ4v) is 1.84. The van der Waals surface area contributed by atoms with Crippen LogP contribution in [0.5, 0.6) is 5.75 Å². The molecule has 0 aliphatic heterocycles. The number of hydrogen-bond acceptors (Lipinski definition) is 8. The topological polar surface area (TPSA) is 131 Å². The molecule has 0 atom stereocenters. The van der Waals surface area contributed by atoms with Gasteiger partial charge in [0.25, 0.3) is 5.69 Å². The minimum atomic E-state index is -0.551. The normalized spacial score (nSPS) is 10.8. The second-order valence-corrected chi connectivity index (χ2v) is 4.62. The number of phenolic OH excluding ortho intramolecular Hbond substituents is 1.